The molecule has 11 nitrogen and oxygen atoms in total. The molecule has 15 heteroatoms. The van der Waals surface area contributed by atoms with Gasteiger partial charge in [0.1, 0.15) is 26.7 Å². The van der Waals surface area contributed by atoms with Gasteiger partial charge in [-0.3, -0.25) is 4.28 Å². The Morgan fingerprint density at radius 2 is 1.28 bits per heavy atom. The highest BCUT2D eigenvalue weighted by molar-refractivity contribution is 8.18. The van der Waals surface area contributed by atoms with Crippen molar-refractivity contribution in [3.63, 3.8) is 0 Å². The third kappa shape index (κ3) is 7.92. The first-order valence-electron chi connectivity index (χ1n) is 13.5. The Bertz CT molecular complexity index is 2290. The van der Waals surface area contributed by atoms with Crippen LogP contribution < -0.4 is 8.37 Å². The summed E-state index contributed by atoms with van der Waals surface area (Å²) in [5.41, 5.74) is 2.55. The quantitative estimate of drug-likeness (QED) is 0.106. The van der Waals surface area contributed by atoms with Crippen LogP contribution in [0.1, 0.15) is 16.7 Å². The fraction of sp³-hybridized carbons (Fsp3) is 0.0625. The van der Waals surface area contributed by atoms with Gasteiger partial charge in [-0.25, -0.2) is 0 Å². The molecule has 0 amide bonds. The van der Waals surface area contributed by atoms with Gasteiger partial charge in [0.2, 0.25) is 0 Å². The summed E-state index contributed by atoms with van der Waals surface area (Å²) in [5, 5.41) is 13.5. The van der Waals surface area contributed by atoms with E-state index in [1.54, 1.807) is 62.4 Å². The number of hydrogen-bond acceptors (Lipinski definition) is 12. The molecule has 47 heavy (non-hydrogen) atoms. The number of benzene rings is 4. The third-order valence-electron chi connectivity index (χ3n) is 6.45. The van der Waals surface area contributed by atoms with E-state index >= 15 is 0 Å². The van der Waals surface area contributed by atoms with Gasteiger partial charge in [-0.15, -0.1) is 0 Å². The van der Waals surface area contributed by atoms with Crippen molar-refractivity contribution >= 4 is 52.7 Å². The molecule has 1 heterocycles. The average molecular weight is 709 g/mol. The lowest BCUT2D eigenvalue weighted by Gasteiger charge is -2.13. The Labute approximate surface area is 276 Å². The van der Waals surface area contributed by atoms with Crippen LogP contribution in [0.5, 0.6) is 11.5 Å². The molecule has 0 atom stereocenters. The lowest BCUT2D eigenvalue weighted by atomic mass is 10.1. The van der Waals surface area contributed by atoms with Gasteiger partial charge in [-0.05, 0) is 68.0 Å². The first-order chi connectivity index (χ1) is 22.3. The summed E-state index contributed by atoms with van der Waals surface area (Å²) in [5.74, 6) is -1.17. The molecule has 0 N–H and O–H groups in total. The van der Waals surface area contributed by atoms with Gasteiger partial charge in [-0.2, -0.15) is 30.5 Å². The molecule has 0 unspecified atom stereocenters. The maximum atomic E-state index is 13.5. The predicted octanol–water partition coefficient (Wildman–Crippen LogP) is 6.10. The minimum atomic E-state index is -4.96. The third-order valence-corrected chi connectivity index (χ3v) is 11.1. The first-order valence-corrected chi connectivity index (χ1v) is 18.6. The SMILES string of the molecule is Cc1ccc(S(=O)(=O)Oc2ccc(OS(=O)(=O)c3ccc(C)cc3)c(S(=O)(=O)O/N=C3C=C/C(=C(\C#N)c4ccccc4)S\3)c2)cc1. The van der Waals surface area contributed by atoms with E-state index in [4.69, 9.17) is 12.6 Å². The minimum Gasteiger partial charge on any atom is -0.379 e. The lowest BCUT2D eigenvalue weighted by molar-refractivity contribution is 0.338. The molecule has 0 radical (unpaired) electrons. The predicted molar refractivity (Wildman–Crippen MR) is 176 cm³/mol. The van der Waals surface area contributed by atoms with Crippen molar-refractivity contribution in [2.75, 3.05) is 0 Å². The normalized spacial score (nSPS) is 15.2. The number of hydrogen-bond donors (Lipinski definition) is 0. The summed E-state index contributed by atoms with van der Waals surface area (Å²) in [4.78, 5) is -0.839. The smallest absolute Gasteiger partial charge is 0.362 e. The fourth-order valence-corrected chi connectivity index (χ4v) is 7.74. The summed E-state index contributed by atoms with van der Waals surface area (Å²) in [6, 6.07) is 25.1. The van der Waals surface area contributed by atoms with Crippen molar-refractivity contribution in [2.45, 2.75) is 28.5 Å². The Hall–Kier alpha value is -4.88. The number of nitriles is 1. The van der Waals surface area contributed by atoms with Crippen LogP contribution in [0, 0.1) is 25.2 Å². The molecule has 1 aliphatic rings. The van der Waals surface area contributed by atoms with Gasteiger partial charge in [0.25, 0.3) is 0 Å². The summed E-state index contributed by atoms with van der Waals surface area (Å²) in [7, 11) is -13.9. The molecule has 0 aromatic heterocycles. The van der Waals surface area contributed by atoms with E-state index in [0.717, 1.165) is 41.1 Å². The van der Waals surface area contributed by atoms with Crippen LogP contribution in [-0.2, 0) is 34.6 Å². The summed E-state index contributed by atoms with van der Waals surface area (Å²) in [6.07, 6.45) is 3.00. The van der Waals surface area contributed by atoms with E-state index in [0.29, 0.717) is 16.0 Å². The van der Waals surface area contributed by atoms with Crippen LogP contribution in [0.25, 0.3) is 5.57 Å². The molecule has 0 spiro atoms. The summed E-state index contributed by atoms with van der Waals surface area (Å²) in [6.45, 7) is 3.52. The van der Waals surface area contributed by atoms with Gasteiger partial charge in [0, 0.05) is 11.0 Å². The maximum absolute atomic E-state index is 13.5. The zero-order chi connectivity index (χ0) is 33.8. The molecule has 0 saturated heterocycles. The number of thioether (sulfide) groups is 1. The average Bonchev–Trinajstić information content (AvgIpc) is 3.50. The molecule has 0 aliphatic carbocycles. The molecule has 0 saturated carbocycles. The van der Waals surface area contributed by atoms with Crippen LogP contribution in [0.2, 0.25) is 0 Å². The van der Waals surface area contributed by atoms with Gasteiger partial charge >= 0.3 is 30.4 Å². The minimum absolute atomic E-state index is 0.0661. The van der Waals surface area contributed by atoms with Crippen molar-refractivity contribution in [3.05, 3.63) is 131 Å². The second-order valence-corrected chi connectivity index (χ2v) is 15.6. The number of oxime groups is 1. The highest BCUT2D eigenvalue weighted by atomic mass is 32.2. The molecule has 1 aliphatic heterocycles. The Balaban J connectivity index is 1.49. The van der Waals surface area contributed by atoms with Crippen LogP contribution in [0.15, 0.2) is 134 Å². The van der Waals surface area contributed by atoms with E-state index in [2.05, 4.69) is 11.2 Å². The van der Waals surface area contributed by atoms with Crippen molar-refractivity contribution in [1.29, 1.82) is 5.26 Å². The highest BCUT2D eigenvalue weighted by Crippen LogP contribution is 2.36. The Kier molecular flexibility index (Phi) is 9.59. The van der Waals surface area contributed by atoms with E-state index in [1.165, 1.54) is 42.5 Å². The zero-order valence-corrected chi connectivity index (χ0v) is 27.9. The van der Waals surface area contributed by atoms with Crippen molar-refractivity contribution in [2.24, 2.45) is 5.16 Å². The lowest BCUT2D eigenvalue weighted by Crippen LogP contribution is -2.14. The topological polar surface area (TPSA) is 166 Å². The molecule has 5 rings (SSSR count). The van der Waals surface area contributed by atoms with Gasteiger partial charge in [0.15, 0.2) is 10.6 Å². The van der Waals surface area contributed by atoms with Crippen molar-refractivity contribution < 1.29 is 37.9 Å². The Morgan fingerprint density at radius 1 is 0.702 bits per heavy atom. The largest absolute Gasteiger partial charge is 0.379 e. The summed E-state index contributed by atoms with van der Waals surface area (Å²) < 4.78 is 94.3. The number of allylic oxidation sites excluding steroid dienone is 2. The molecular weight excluding hydrogens is 685 g/mol. The van der Waals surface area contributed by atoms with Crippen LogP contribution in [0.3, 0.4) is 0 Å². The summed E-state index contributed by atoms with van der Waals surface area (Å²) >= 11 is 0.972. The molecule has 240 valence electrons. The number of nitrogens with zero attached hydrogens (tertiary/aromatic N) is 2. The Morgan fingerprint density at radius 3 is 1.85 bits per heavy atom. The van der Waals surface area contributed by atoms with Crippen LogP contribution in [0.4, 0.5) is 0 Å². The molecule has 4 aromatic rings. The van der Waals surface area contributed by atoms with Crippen LogP contribution >= 0.6 is 11.8 Å². The molecule has 0 fully saturated rings. The second-order valence-electron chi connectivity index (χ2n) is 9.92. The van der Waals surface area contributed by atoms with E-state index in [9.17, 15) is 30.5 Å². The van der Waals surface area contributed by atoms with Crippen molar-refractivity contribution in [3.8, 4) is 17.6 Å². The highest BCUT2D eigenvalue weighted by Gasteiger charge is 2.29. The monoisotopic (exact) mass is 708 g/mol. The maximum Gasteiger partial charge on any atom is 0.362 e. The number of rotatable bonds is 10. The second kappa shape index (κ2) is 13.5. The molecule has 4 aromatic carbocycles. The van der Waals surface area contributed by atoms with Crippen molar-refractivity contribution in [1.82, 2.24) is 0 Å². The number of aryl methyl sites for hydroxylation is 2. The standard InChI is InChI=1S/C32H24N2O9S4/c1-22-8-13-26(14-9-22)45(35,36)41-25-12-17-29(42-46(37,38)27-15-10-23(2)11-16-27)31(20-25)47(39,40)43-34-32-19-18-30(44-32)28(21-33)24-6-4-3-5-7-24/h3-20H,1-2H3/b30-28-,34-32+. The van der Waals surface area contributed by atoms with E-state index < -0.39 is 46.7 Å². The van der Waals surface area contributed by atoms with Crippen LogP contribution in [-0.4, -0.2) is 30.3 Å². The van der Waals surface area contributed by atoms with Gasteiger partial charge in [0.05, 0.1) is 5.57 Å². The van der Waals surface area contributed by atoms with Gasteiger partial charge < -0.3 is 8.37 Å². The molecular formula is C32H24N2O9S4. The zero-order valence-electron chi connectivity index (χ0n) is 24.6. The van der Waals surface area contributed by atoms with E-state index in [1.807, 2.05) is 0 Å². The first kappa shape index (κ1) is 33.5. The molecule has 0 bridgehead atoms. The van der Waals surface area contributed by atoms with E-state index in [-0.39, 0.29) is 14.8 Å². The fourth-order valence-electron chi connectivity index (χ4n) is 4.06. The van der Waals surface area contributed by atoms with Gasteiger partial charge in [-0.1, -0.05) is 82.6 Å².